The van der Waals surface area contributed by atoms with Gasteiger partial charge in [0.05, 0.1) is 18.8 Å². The largest absolute Gasteiger partial charge is 0.391 e. The number of aliphatic hydroxyl groups is 1. The monoisotopic (exact) mass is 191 g/mol. The predicted molar refractivity (Wildman–Crippen MR) is 53.7 cm³/mol. The molecule has 0 amide bonds. The fourth-order valence-electron chi connectivity index (χ4n) is 1.38. The first-order valence-electron chi connectivity index (χ1n) is 4.60. The van der Waals surface area contributed by atoms with E-state index in [2.05, 4.69) is 10.1 Å². The van der Waals surface area contributed by atoms with Gasteiger partial charge in [0.15, 0.2) is 0 Å². The maximum atomic E-state index is 9.18. The number of rotatable bonds is 3. The minimum absolute atomic E-state index is 0.369. The molecule has 1 atom stereocenters. The van der Waals surface area contributed by atoms with Crippen molar-refractivity contribution < 1.29 is 5.11 Å². The second kappa shape index (κ2) is 3.67. The Kier molecular flexibility index (Phi) is 2.37. The van der Waals surface area contributed by atoms with Crippen molar-refractivity contribution in [3.63, 3.8) is 0 Å². The molecule has 4 nitrogen and oxygen atoms in total. The molecule has 2 heterocycles. The number of aromatic amines is 1. The van der Waals surface area contributed by atoms with Crippen LogP contribution in [0.2, 0.25) is 0 Å². The van der Waals surface area contributed by atoms with E-state index in [0.717, 1.165) is 11.3 Å². The van der Waals surface area contributed by atoms with E-state index in [1.807, 2.05) is 24.5 Å². The number of nitrogens with zero attached hydrogens (tertiary/aromatic N) is 2. The van der Waals surface area contributed by atoms with E-state index in [1.165, 1.54) is 0 Å². The maximum absolute atomic E-state index is 9.18. The summed E-state index contributed by atoms with van der Waals surface area (Å²) < 4.78 is 1.74. The Morgan fingerprint density at radius 2 is 2.50 bits per heavy atom. The quantitative estimate of drug-likeness (QED) is 0.767. The molecule has 2 N–H and O–H groups in total. The van der Waals surface area contributed by atoms with E-state index in [9.17, 15) is 5.11 Å². The lowest BCUT2D eigenvalue weighted by atomic mass is 10.3. The zero-order chi connectivity index (χ0) is 9.97. The van der Waals surface area contributed by atoms with Gasteiger partial charge >= 0.3 is 0 Å². The van der Waals surface area contributed by atoms with Gasteiger partial charge in [-0.15, -0.1) is 0 Å². The minimum atomic E-state index is -0.369. The van der Waals surface area contributed by atoms with Crippen molar-refractivity contribution in [2.45, 2.75) is 19.6 Å². The maximum Gasteiger partial charge on any atom is 0.0708 e. The van der Waals surface area contributed by atoms with E-state index in [1.54, 1.807) is 17.8 Å². The second-order valence-electron chi connectivity index (χ2n) is 3.38. The van der Waals surface area contributed by atoms with Gasteiger partial charge in [0, 0.05) is 23.7 Å². The SMILES string of the molecule is C[C@H](O)Cn1cc(-c2ccc[nH]2)cn1. The highest BCUT2D eigenvalue weighted by Crippen LogP contribution is 2.15. The molecule has 0 fully saturated rings. The standard InChI is InChI=1S/C10H13N3O/c1-8(14)6-13-7-9(5-12-13)10-3-2-4-11-10/h2-5,7-8,11,14H,6H2,1H3/t8-/m0/s1. The van der Waals surface area contributed by atoms with Gasteiger partial charge in [-0.05, 0) is 19.1 Å². The molecule has 0 spiro atoms. The summed E-state index contributed by atoms with van der Waals surface area (Å²) in [4.78, 5) is 3.10. The molecule has 0 saturated heterocycles. The molecule has 2 rings (SSSR count). The fourth-order valence-corrected chi connectivity index (χ4v) is 1.38. The summed E-state index contributed by atoms with van der Waals surface area (Å²) in [6, 6.07) is 3.94. The van der Waals surface area contributed by atoms with Gasteiger partial charge in [-0.25, -0.2) is 0 Å². The van der Waals surface area contributed by atoms with E-state index >= 15 is 0 Å². The Labute approximate surface area is 82.2 Å². The lowest BCUT2D eigenvalue weighted by Gasteiger charge is -2.02. The third-order valence-corrected chi connectivity index (χ3v) is 1.99. The number of hydrogen-bond donors (Lipinski definition) is 2. The number of hydrogen-bond acceptors (Lipinski definition) is 2. The lowest BCUT2D eigenvalue weighted by Crippen LogP contribution is -2.11. The molecular formula is C10H13N3O. The zero-order valence-electron chi connectivity index (χ0n) is 8.01. The van der Waals surface area contributed by atoms with Crippen molar-refractivity contribution in [1.29, 1.82) is 0 Å². The average molecular weight is 191 g/mol. The Bertz CT molecular complexity index is 389. The first-order chi connectivity index (χ1) is 6.75. The summed E-state index contributed by atoms with van der Waals surface area (Å²) in [5, 5.41) is 13.3. The van der Waals surface area contributed by atoms with Crippen LogP contribution in [-0.4, -0.2) is 26.0 Å². The van der Waals surface area contributed by atoms with Crippen molar-refractivity contribution in [1.82, 2.24) is 14.8 Å². The molecule has 0 aliphatic carbocycles. The number of aromatic nitrogens is 3. The predicted octanol–water partition coefficient (Wildman–Crippen LogP) is 1.26. The summed E-state index contributed by atoms with van der Waals surface area (Å²) in [5.41, 5.74) is 2.08. The molecule has 0 aromatic carbocycles. The second-order valence-corrected chi connectivity index (χ2v) is 3.38. The molecule has 0 bridgehead atoms. The molecule has 0 aliphatic heterocycles. The normalized spacial score (nSPS) is 13.0. The van der Waals surface area contributed by atoms with Crippen LogP contribution in [0.15, 0.2) is 30.7 Å². The van der Waals surface area contributed by atoms with Gasteiger partial charge in [-0.3, -0.25) is 4.68 Å². The highest BCUT2D eigenvalue weighted by atomic mass is 16.3. The van der Waals surface area contributed by atoms with Gasteiger partial charge in [0.25, 0.3) is 0 Å². The summed E-state index contributed by atoms with van der Waals surface area (Å²) >= 11 is 0. The third-order valence-electron chi connectivity index (χ3n) is 1.99. The molecular weight excluding hydrogens is 178 g/mol. The van der Waals surface area contributed by atoms with Crippen molar-refractivity contribution in [2.75, 3.05) is 0 Å². The highest BCUT2D eigenvalue weighted by Gasteiger charge is 2.03. The molecule has 74 valence electrons. The smallest absolute Gasteiger partial charge is 0.0708 e. The summed E-state index contributed by atoms with van der Waals surface area (Å²) in [6.07, 6.45) is 5.21. The van der Waals surface area contributed by atoms with E-state index in [0.29, 0.717) is 6.54 Å². The Morgan fingerprint density at radius 3 is 3.14 bits per heavy atom. The number of nitrogens with one attached hydrogen (secondary N) is 1. The van der Waals surface area contributed by atoms with Gasteiger partial charge in [0.1, 0.15) is 0 Å². The molecule has 14 heavy (non-hydrogen) atoms. The molecule has 2 aromatic heterocycles. The minimum Gasteiger partial charge on any atom is -0.391 e. The third kappa shape index (κ3) is 1.85. The summed E-state index contributed by atoms with van der Waals surface area (Å²) in [6.45, 7) is 2.27. The van der Waals surface area contributed by atoms with Crippen molar-refractivity contribution >= 4 is 0 Å². The van der Waals surface area contributed by atoms with E-state index < -0.39 is 0 Å². The van der Waals surface area contributed by atoms with Crippen LogP contribution in [0.3, 0.4) is 0 Å². The molecule has 4 heteroatoms. The molecule has 0 unspecified atom stereocenters. The fraction of sp³-hybridized carbons (Fsp3) is 0.300. The molecule has 0 saturated carbocycles. The first-order valence-corrected chi connectivity index (χ1v) is 4.60. The number of aliphatic hydroxyl groups excluding tert-OH is 1. The molecule has 0 radical (unpaired) electrons. The first kappa shape index (κ1) is 9.02. The average Bonchev–Trinajstić information content (AvgIpc) is 2.69. The summed E-state index contributed by atoms with van der Waals surface area (Å²) in [5.74, 6) is 0. The van der Waals surface area contributed by atoms with Crippen molar-refractivity contribution in [3.8, 4) is 11.3 Å². The van der Waals surface area contributed by atoms with Crippen LogP contribution in [0.1, 0.15) is 6.92 Å². The number of H-pyrrole nitrogens is 1. The van der Waals surface area contributed by atoms with Gasteiger partial charge in [-0.2, -0.15) is 5.10 Å². The van der Waals surface area contributed by atoms with E-state index in [4.69, 9.17) is 0 Å². The van der Waals surface area contributed by atoms with Gasteiger partial charge in [-0.1, -0.05) is 0 Å². The lowest BCUT2D eigenvalue weighted by molar-refractivity contribution is 0.168. The van der Waals surface area contributed by atoms with Gasteiger partial charge in [0.2, 0.25) is 0 Å². The van der Waals surface area contributed by atoms with Crippen LogP contribution in [0.5, 0.6) is 0 Å². The Balaban J connectivity index is 2.18. The van der Waals surface area contributed by atoms with Crippen molar-refractivity contribution in [2.24, 2.45) is 0 Å². The van der Waals surface area contributed by atoms with Crippen LogP contribution in [0.25, 0.3) is 11.3 Å². The van der Waals surface area contributed by atoms with Crippen LogP contribution < -0.4 is 0 Å². The van der Waals surface area contributed by atoms with Crippen LogP contribution in [-0.2, 0) is 6.54 Å². The Hall–Kier alpha value is -1.55. The summed E-state index contributed by atoms with van der Waals surface area (Å²) in [7, 11) is 0. The zero-order valence-corrected chi connectivity index (χ0v) is 8.01. The highest BCUT2D eigenvalue weighted by molar-refractivity contribution is 5.56. The van der Waals surface area contributed by atoms with Crippen LogP contribution in [0.4, 0.5) is 0 Å². The topological polar surface area (TPSA) is 53.8 Å². The van der Waals surface area contributed by atoms with Crippen LogP contribution in [0, 0.1) is 0 Å². The van der Waals surface area contributed by atoms with Crippen molar-refractivity contribution in [3.05, 3.63) is 30.7 Å². The van der Waals surface area contributed by atoms with Crippen LogP contribution >= 0.6 is 0 Å². The Morgan fingerprint density at radius 1 is 1.64 bits per heavy atom. The molecule has 2 aromatic rings. The van der Waals surface area contributed by atoms with Gasteiger partial charge < -0.3 is 10.1 Å². The molecule has 0 aliphatic rings. The van der Waals surface area contributed by atoms with E-state index in [-0.39, 0.29) is 6.10 Å².